The van der Waals surface area contributed by atoms with Crippen LogP contribution in [0, 0.1) is 5.92 Å². The van der Waals surface area contributed by atoms with E-state index in [9.17, 15) is 0 Å². The summed E-state index contributed by atoms with van der Waals surface area (Å²) in [6.45, 7) is 0.153. The maximum Gasteiger partial charge on any atom is 0.0618 e. The molecule has 86 valence electrons. The SMILES string of the molecule is OC/C=C(/c1ccccc1)C1CCCCC1. The number of aliphatic hydroxyl groups excluding tert-OH is 1. The summed E-state index contributed by atoms with van der Waals surface area (Å²) in [4.78, 5) is 0. The zero-order valence-corrected chi connectivity index (χ0v) is 9.73. The molecule has 0 heterocycles. The second-order valence-electron chi connectivity index (χ2n) is 4.54. The van der Waals surface area contributed by atoms with Crippen molar-refractivity contribution in [1.82, 2.24) is 0 Å². The van der Waals surface area contributed by atoms with Gasteiger partial charge in [-0.2, -0.15) is 0 Å². The van der Waals surface area contributed by atoms with Gasteiger partial charge < -0.3 is 5.11 Å². The quantitative estimate of drug-likeness (QED) is 0.817. The van der Waals surface area contributed by atoms with Gasteiger partial charge in [-0.15, -0.1) is 0 Å². The molecule has 0 spiro atoms. The largest absolute Gasteiger partial charge is 0.392 e. The highest BCUT2D eigenvalue weighted by Gasteiger charge is 2.18. The van der Waals surface area contributed by atoms with Crippen molar-refractivity contribution >= 4 is 5.57 Å². The van der Waals surface area contributed by atoms with Crippen LogP contribution in [-0.4, -0.2) is 11.7 Å². The van der Waals surface area contributed by atoms with E-state index < -0.39 is 0 Å². The van der Waals surface area contributed by atoms with Gasteiger partial charge in [-0.05, 0) is 29.9 Å². The molecule has 0 bridgehead atoms. The summed E-state index contributed by atoms with van der Waals surface area (Å²) in [7, 11) is 0. The monoisotopic (exact) mass is 216 g/mol. The first-order chi connectivity index (χ1) is 7.92. The van der Waals surface area contributed by atoms with Crippen molar-refractivity contribution in [2.45, 2.75) is 32.1 Å². The summed E-state index contributed by atoms with van der Waals surface area (Å²) < 4.78 is 0. The highest BCUT2D eigenvalue weighted by atomic mass is 16.2. The summed E-state index contributed by atoms with van der Waals surface area (Å²) >= 11 is 0. The van der Waals surface area contributed by atoms with Gasteiger partial charge in [-0.25, -0.2) is 0 Å². The van der Waals surface area contributed by atoms with E-state index in [0.717, 1.165) is 0 Å². The average molecular weight is 216 g/mol. The molecule has 0 atom stereocenters. The molecule has 0 saturated heterocycles. The molecule has 1 N–H and O–H groups in total. The lowest BCUT2D eigenvalue weighted by Crippen LogP contribution is -2.09. The Morgan fingerprint density at radius 1 is 1.12 bits per heavy atom. The molecule has 1 aliphatic rings. The molecule has 2 rings (SSSR count). The van der Waals surface area contributed by atoms with Crippen LogP contribution in [0.3, 0.4) is 0 Å². The Morgan fingerprint density at radius 2 is 1.81 bits per heavy atom. The molecule has 0 unspecified atom stereocenters. The van der Waals surface area contributed by atoms with Gasteiger partial charge in [0.25, 0.3) is 0 Å². The fourth-order valence-electron chi connectivity index (χ4n) is 2.66. The summed E-state index contributed by atoms with van der Waals surface area (Å²) in [5.74, 6) is 0.656. The van der Waals surface area contributed by atoms with E-state index >= 15 is 0 Å². The van der Waals surface area contributed by atoms with Gasteiger partial charge in [0.15, 0.2) is 0 Å². The Bertz CT molecular complexity index is 334. The van der Waals surface area contributed by atoms with Crippen LogP contribution in [-0.2, 0) is 0 Å². The van der Waals surface area contributed by atoms with E-state index in [1.807, 2.05) is 12.1 Å². The van der Waals surface area contributed by atoms with Crippen LogP contribution in [0.25, 0.3) is 5.57 Å². The van der Waals surface area contributed by atoms with Gasteiger partial charge in [0.05, 0.1) is 6.61 Å². The molecule has 1 heteroatoms. The molecule has 0 amide bonds. The maximum absolute atomic E-state index is 9.15. The fourth-order valence-corrected chi connectivity index (χ4v) is 2.66. The van der Waals surface area contributed by atoms with Gasteiger partial charge in [-0.1, -0.05) is 55.7 Å². The molecule has 1 aromatic carbocycles. The molecule has 1 nitrogen and oxygen atoms in total. The highest BCUT2D eigenvalue weighted by Crippen LogP contribution is 2.34. The van der Waals surface area contributed by atoms with E-state index in [-0.39, 0.29) is 6.61 Å². The Kier molecular flexibility index (Phi) is 4.17. The van der Waals surface area contributed by atoms with Crippen LogP contribution in [0.5, 0.6) is 0 Å². The molecule has 1 fully saturated rings. The maximum atomic E-state index is 9.15. The molecule has 0 aromatic heterocycles. The number of hydrogen-bond acceptors (Lipinski definition) is 1. The molecule has 1 aromatic rings. The molecule has 0 radical (unpaired) electrons. The van der Waals surface area contributed by atoms with Crippen molar-refractivity contribution in [2.75, 3.05) is 6.61 Å². The van der Waals surface area contributed by atoms with Crippen molar-refractivity contribution in [3.63, 3.8) is 0 Å². The lowest BCUT2D eigenvalue weighted by atomic mass is 9.81. The highest BCUT2D eigenvalue weighted by molar-refractivity contribution is 5.67. The van der Waals surface area contributed by atoms with E-state index in [2.05, 4.69) is 24.3 Å². The second kappa shape index (κ2) is 5.86. The minimum atomic E-state index is 0.153. The third-order valence-corrected chi connectivity index (χ3v) is 3.46. The summed E-state index contributed by atoms with van der Waals surface area (Å²) in [6.07, 6.45) is 8.59. The van der Waals surface area contributed by atoms with E-state index in [1.165, 1.54) is 43.2 Å². The molecular weight excluding hydrogens is 196 g/mol. The minimum Gasteiger partial charge on any atom is -0.392 e. The Hall–Kier alpha value is -1.08. The third kappa shape index (κ3) is 2.73. The number of allylic oxidation sites excluding steroid dienone is 1. The van der Waals surface area contributed by atoms with Gasteiger partial charge >= 0.3 is 0 Å². The predicted octanol–water partition coefficient (Wildman–Crippen LogP) is 3.64. The standard InChI is InChI=1S/C15H20O/c16-12-11-15(13-7-3-1-4-8-13)14-9-5-2-6-10-14/h1,3-4,7-8,11,14,16H,2,5-6,9-10,12H2/b15-11-. The van der Waals surface area contributed by atoms with Gasteiger partial charge in [0, 0.05) is 0 Å². The lowest BCUT2D eigenvalue weighted by molar-refractivity contribution is 0.341. The van der Waals surface area contributed by atoms with Crippen molar-refractivity contribution in [1.29, 1.82) is 0 Å². The van der Waals surface area contributed by atoms with Crippen LogP contribution in [0.2, 0.25) is 0 Å². The number of rotatable bonds is 3. The second-order valence-corrected chi connectivity index (χ2v) is 4.54. The smallest absolute Gasteiger partial charge is 0.0618 e. The zero-order chi connectivity index (χ0) is 11.2. The normalized spacial score (nSPS) is 18.7. The van der Waals surface area contributed by atoms with E-state index in [4.69, 9.17) is 5.11 Å². The number of benzene rings is 1. The van der Waals surface area contributed by atoms with Crippen LogP contribution < -0.4 is 0 Å². The van der Waals surface area contributed by atoms with Gasteiger partial charge in [-0.3, -0.25) is 0 Å². The number of aliphatic hydroxyl groups is 1. The lowest BCUT2D eigenvalue weighted by Gasteiger charge is -2.24. The summed E-state index contributed by atoms with van der Waals surface area (Å²) in [6, 6.07) is 10.5. The van der Waals surface area contributed by atoms with Crippen molar-refractivity contribution in [2.24, 2.45) is 5.92 Å². The minimum absolute atomic E-state index is 0.153. The van der Waals surface area contributed by atoms with Crippen LogP contribution in [0.1, 0.15) is 37.7 Å². The predicted molar refractivity (Wildman–Crippen MR) is 68.1 cm³/mol. The first-order valence-corrected chi connectivity index (χ1v) is 6.28. The average Bonchev–Trinajstić information content (AvgIpc) is 2.38. The zero-order valence-electron chi connectivity index (χ0n) is 9.73. The van der Waals surface area contributed by atoms with Gasteiger partial charge in [0.2, 0.25) is 0 Å². The topological polar surface area (TPSA) is 20.2 Å². The summed E-state index contributed by atoms with van der Waals surface area (Å²) in [5, 5.41) is 9.15. The Labute approximate surface area is 97.8 Å². The molecule has 0 aliphatic heterocycles. The molecule has 1 saturated carbocycles. The van der Waals surface area contributed by atoms with Crippen LogP contribution in [0.15, 0.2) is 36.4 Å². The molecule has 1 aliphatic carbocycles. The third-order valence-electron chi connectivity index (χ3n) is 3.46. The van der Waals surface area contributed by atoms with Crippen molar-refractivity contribution in [3.8, 4) is 0 Å². The molecule has 16 heavy (non-hydrogen) atoms. The first-order valence-electron chi connectivity index (χ1n) is 6.28. The van der Waals surface area contributed by atoms with Crippen LogP contribution in [0.4, 0.5) is 0 Å². The Balaban J connectivity index is 2.20. The number of hydrogen-bond donors (Lipinski definition) is 1. The van der Waals surface area contributed by atoms with E-state index in [1.54, 1.807) is 0 Å². The fraction of sp³-hybridized carbons (Fsp3) is 0.467. The summed E-state index contributed by atoms with van der Waals surface area (Å²) in [5.41, 5.74) is 2.63. The van der Waals surface area contributed by atoms with Crippen molar-refractivity contribution in [3.05, 3.63) is 42.0 Å². The van der Waals surface area contributed by atoms with Gasteiger partial charge in [0.1, 0.15) is 0 Å². The van der Waals surface area contributed by atoms with E-state index in [0.29, 0.717) is 5.92 Å². The van der Waals surface area contributed by atoms with Crippen LogP contribution >= 0.6 is 0 Å². The van der Waals surface area contributed by atoms with Crippen molar-refractivity contribution < 1.29 is 5.11 Å². The molecular formula is C15H20O. The Morgan fingerprint density at radius 3 is 2.44 bits per heavy atom. The first kappa shape index (κ1) is 11.4.